The smallest absolute Gasteiger partial charge is 0.253 e. The van der Waals surface area contributed by atoms with Gasteiger partial charge in [0.1, 0.15) is 0 Å². The van der Waals surface area contributed by atoms with E-state index in [0.29, 0.717) is 17.5 Å². The summed E-state index contributed by atoms with van der Waals surface area (Å²) < 4.78 is 0. The number of piperazine rings is 1. The van der Waals surface area contributed by atoms with Crippen molar-refractivity contribution in [2.45, 2.75) is 19.3 Å². The molecule has 2 amide bonds. The molecule has 34 heavy (non-hydrogen) atoms. The number of benzene rings is 2. The third kappa shape index (κ3) is 3.88. The van der Waals surface area contributed by atoms with Gasteiger partial charge in [-0.15, -0.1) is 0 Å². The van der Waals surface area contributed by atoms with Crippen molar-refractivity contribution in [3.63, 3.8) is 0 Å². The van der Waals surface area contributed by atoms with Crippen LogP contribution in [-0.4, -0.2) is 59.3 Å². The van der Waals surface area contributed by atoms with Gasteiger partial charge in [0.2, 0.25) is 5.91 Å². The highest BCUT2D eigenvalue weighted by Gasteiger charge is 2.30. The first kappa shape index (κ1) is 21.1. The molecule has 3 aliphatic rings. The summed E-state index contributed by atoms with van der Waals surface area (Å²) in [6.07, 6.45) is 3.27. The summed E-state index contributed by atoms with van der Waals surface area (Å²) >= 11 is 0. The molecule has 6 nitrogen and oxygen atoms in total. The van der Waals surface area contributed by atoms with E-state index in [0.717, 1.165) is 65.7 Å². The highest BCUT2D eigenvalue weighted by Crippen LogP contribution is 2.39. The van der Waals surface area contributed by atoms with Crippen LogP contribution in [0.1, 0.15) is 44.7 Å². The van der Waals surface area contributed by atoms with Gasteiger partial charge in [0.15, 0.2) is 0 Å². The summed E-state index contributed by atoms with van der Waals surface area (Å²) in [5, 5.41) is 0. The number of amides is 2. The summed E-state index contributed by atoms with van der Waals surface area (Å²) in [5.74, 6) is 0.504. The second-order valence-corrected chi connectivity index (χ2v) is 9.70. The Morgan fingerprint density at radius 1 is 0.971 bits per heavy atom. The lowest BCUT2D eigenvalue weighted by Crippen LogP contribution is -2.49. The van der Waals surface area contributed by atoms with E-state index in [1.165, 1.54) is 19.4 Å². The van der Waals surface area contributed by atoms with E-state index in [-0.39, 0.29) is 5.91 Å². The van der Waals surface area contributed by atoms with Gasteiger partial charge in [0.25, 0.3) is 5.91 Å². The molecule has 0 bridgehead atoms. The van der Waals surface area contributed by atoms with E-state index in [1.54, 1.807) is 6.07 Å². The van der Waals surface area contributed by atoms with Crippen molar-refractivity contribution < 1.29 is 9.59 Å². The van der Waals surface area contributed by atoms with Gasteiger partial charge in [0, 0.05) is 61.4 Å². The minimum Gasteiger partial charge on any atom is -0.366 e. The van der Waals surface area contributed by atoms with Crippen molar-refractivity contribution in [3.8, 4) is 22.5 Å². The van der Waals surface area contributed by atoms with E-state index in [4.69, 9.17) is 10.7 Å². The summed E-state index contributed by atoms with van der Waals surface area (Å²) in [5.41, 5.74) is 12.3. The number of primary amides is 1. The molecule has 2 aromatic carbocycles. The second kappa shape index (κ2) is 8.37. The molecule has 0 unspecified atom stereocenters. The maximum Gasteiger partial charge on any atom is 0.253 e. The molecule has 2 N–H and O–H groups in total. The molecule has 0 spiro atoms. The number of carbonyl (C=O) groups excluding carboxylic acids is 2. The van der Waals surface area contributed by atoms with Gasteiger partial charge in [-0.3, -0.25) is 14.5 Å². The largest absolute Gasteiger partial charge is 0.366 e. The standard InChI is InChI=1S/C28H28N4O2/c29-27(33)24-16-25(19-4-2-1-3-5-19)30-26-22-9-8-20(14-21(22)15-23(24)26)28(34)32-12-10-31(11-13-32)17-18-6-7-18/h1-5,8-9,14,16,18H,6-7,10-13,15,17H2,(H2,29,33). The number of hydrogen-bond acceptors (Lipinski definition) is 4. The fourth-order valence-electron chi connectivity index (χ4n) is 5.23. The molecule has 2 aliphatic carbocycles. The number of hydrogen-bond donors (Lipinski definition) is 1. The van der Waals surface area contributed by atoms with Gasteiger partial charge in [-0.05, 0) is 48.1 Å². The molecule has 2 heterocycles. The Bertz CT molecular complexity index is 1280. The summed E-state index contributed by atoms with van der Waals surface area (Å²) in [6.45, 7) is 4.63. The van der Waals surface area contributed by atoms with E-state index < -0.39 is 5.91 Å². The number of nitrogens with two attached hydrogens (primary N) is 1. The van der Waals surface area contributed by atoms with Crippen LogP contribution in [0.4, 0.5) is 0 Å². The molecular formula is C28H28N4O2. The predicted octanol–water partition coefficient (Wildman–Crippen LogP) is 3.59. The molecule has 6 heteroatoms. The van der Waals surface area contributed by atoms with E-state index in [9.17, 15) is 9.59 Å². The first-order valence-electron chi connectivity index (χ1n) is 12.1. The fraction of sp³-hybridized carbons (Fsp3) is 0.321. The van der Waals surface area contributed by atoms with Gasteiger partial charge in [0.05, 0.1) is 11.4 Å². The number of rotatable bonds is 5. The maximum atomic E-state index is 13.2. The number of carbonyl (C=O) groups is 2. The lowest BCUT2D eigenvalue weighted by atomic mass is 10.0. The van der Waals surface area contributed by atoms with Crippen LogP contribution in [0.5, 0.6) is 0 Å². The molecule has 0 radical (unpaired) electrons. The SMILES string of the molecule is NC(=O)c1cc(-c2ccccc2)nc2c1Cc1cc(C(=O)N3CCN(CC4CC4)CC3)ccc1-2. The average Bonchev–Trinajstić information content (AvgIpc) is 3.61. The van der Waals surface area contributed by atoms with Crippen molar-refractivity contribution >= 4 is 11.8 Å². The third-order valence-electron chi connectivity index (χ3n) is 7.31. The lowest BCUT2D eigenvalue weighted by Gasteiger charge is -2.34. The summed E-state index contributed by atoms with van der Waals surface area (Å²) in [7, 11) is 0. The summed E-state index contributed by atoms with van der Waals surface area (Å²) in [4.78, 5) is 34.9. The normalized spacial score (nSPS) is 17.4. The Morgan fingerprint density at radius 3 is 2.44 bits per heavy atom. The Balaban J connectivity index is 1.27. The Kier molecular flexibility index (Phi) is 5.18. The zero-order valence-corrected chi connectivity index (χ0v) is 19.2. The number of fused-ring (bicyclic) bond motifs is 3. The predicted molar refractivity (Wildman–Crippen MR) is 132 cm³/mol. The van der Waals surface area contributed by atoms with Crippen molar-refractivity contribution in [1.29, 1.82) is 0 Å². The molecule has 2 fully saturated rings. The lowest BCUT2D eigenvalue weighted by molar-refractivity contribution is 0.0632. The minimum atomic E-state index is -0.455. The topological polar surface area (TPSA) is 79.5 Å². The van der Waals surface area contributed by atoms with Crippen molar-refractivity contribution in [3.05, 3.63) is 76.9 Å². The molecular weight excluding hydrogens is 424 g/mol. The first-order chi connectivity index (χ1) is 16.6. The highest BCUT2D eigenvalue weighted by atomic mass is 16.2. The molecule has 1 aromatic heterocycles. The molecule has 3 aromatic rings. The van der Waals surface area contributed by atoms with E-state index >= 15 is 0 Å². The van der Waals surface area contributed by atoms with Crippen molar-refractivity contribution in [1.82, 2.24) is 14.8 Å². The van der Waals surface area contributed by atoms with Crippen LogP contribution in [-0.2, 0) is 6.42 Å². The van der Waals surface area contributed by atoms with Gasteiger partial charge < -0.3 is 10.6 Å². The van der Waals surface area contributed by atoms with Crippen LogP contribution in [0.25, 0.3) is 22.5 Å². The number of pyridine rings is 1. The van der Waals surface area contributed by atoms with Crippen LogP contribution in [0.3, 0.4) is 0 Å². The zero-order valence-electron chi connectivity index (χ0n) is 19.2. The van der Waals surface area contributed by atoms with Gasteiger partial charge in [-0.1, -0.05) is 36.4 Å². The minimum absolute atomic E-state index is 0.0814. The van der Waals surface area contributed by atoms with E-state index in [1.807, 2.05) is 53.4 Å². The Labute approximate surface area is 199 Å². The van der Waals surface area contributed by atoms with Crippen LogP contribution in [0.15, 0.2) is 54.6 Å². The highest BCUT2D eigenvalue weighted by molar-refractivity contribution is 6.00. The van der Waals surface area contributed by atoms with Crippen molar-refractivity contribution in [2.75, 3.05) is 32.7 Å². The molecule has 1 saturated heterocycles. The molecule has 6 rings (SSSR count). The number of nitrogens with zero attached hydrogens (tertiary/aromatic N) is 3. The fourth-order valence-corrected chi connectivity index (χ4v) is 5.23. The van der Waals surface area contributed by atoms with Gasteiger partial charge in [-0.2, -0.15) is 0 Å². The van der Waals surface area contributed by atoms with Crippen LogP contribution in [0.2, 0.25) is 0 Å². The van der Waals surface area contributed by atoms with Gasteiger partial charge >= 0.3 is 0 Å². The average molecular weight is 453 g/mol. The molecule has 1 aliphatic heterocycles. The number of aromatic nitrogens is 1. The second-order valence-electron chi connectivity index (χ2n) is 9.70. The monoisotopic (exact) mass is 452 g/mol. The van der Waals surface area contributed by atoms with Gasteiger partial charge in [-0.25, -0.2) is 4.98 Å². The third-order valence-corrected chi connectivity index (χ3v) is 7.31. The quantitative estimate of drug-likeness (QED) is 0.502. The molecule has 1 saturated carbocycles. The van der Waals surface area contributed by atoms with Crippen molar-refractivity contribution in [2.24, 2.45) is 11.7 Å². The Hall–Kier alpha value is -3.51. The maximum absolute atomic E-state index is 13.2. The van der Waals surface area contributed by atoms with Crippen LogP contribution >= 0.6 is 0 Å². The van der Waals surface area contributed by atoms with E-state index in [2.05, 4.69) is 4.90 Å². The van der Waals surface area contributed by atoms with Crippen LogP contribution < -0.4 is 5.73 Å². The van der Waals surface area contributed by atoms with Crippen LogP contribution in [0, 0.1) is 5.92 Å². The molecule has 0 atom stereocenters. The first-order valence-corrected chi connectivity index (χ1v) is 12.1. The Morgan fingerprint density at radius 2 is 1.74 bits per heavy atom. The summed E-state index contributed by atoms with van der Waals surface area (Å²) in [6, 6.07) is 17.4. The molecule has 172 valence electrons. The zero-order chi connectivity index (χ0) is 23.2.